The van der Waals surface area contributed by atoms with Gasteiger partial charge in [-0.05, 0) is 12.8 Å². The third kappa shape index (κ3) is 5.36. The minimum absolute atomic E-state index is 0.329. The lowest BCUT2D eigenvalue weighted by Crippen LogP contribution is -2.44. The van der Waals surface area contributed by atoms with Crippen molar-refractivity contribution in [2.45, 2.75) is 56.3 Å². The van der Waals surface area contributed by atoms with E-state index in [1.807, 2.05) is 0 Å². The molecule has 2 aliphatic rings. The standard InChI is InChI=1S/C14H27NO4/c16-12(9-19-13-4-2-1-3-5-13)8-15-10-14(17)6-7-18-11-14/h12-13,15-17H,1-11H2. The zero-order valence-electron chi connectivity index (χ0n) is 11.6. The first-order valence-corrected chi connectivity index (χ1v) is 7.48. The molecule has 112 valence electrons. The number of rotatable bonds is 7. The number of nitrogens with one attached hydrogen (secondary N) is 1. The Morgan fingerprint density at radius 3 is 2.79 bits per heavy atom. The van der Waals surface area contributed by atoms with Gasteiger partial charge in [-0.2, -0.15) is 0 Å². The molecule has 2 fully saturated rings. The van der Waals surface area contributed by atoms with Crippen LogP contribution in [0.2, 0.25) is 0 Å². The molecule has 1 saturated carbocycles. The van der Waals surface area contributed by atoms with Crippen LogP contribution in [-0.2, 0) is 9.47 Å². The van der Waals surface area contributed by atoms with Gasteiger partial charge in [-0.15, -0.1) is 0 Å². The van der Waals surface area contributed by atoms with Gasteiger partial charge in [0, 0.05) is 26.1 Å². The largest absolute Gasteiger partial charge is 0.389 e. The molecule has 0 amide bonds. The summed E-state index contributed by atoms with van der Waals surface area (Å²) >= 11 is 0. The fourth-order valence-corrected chi connectivity index (χ4v) is 2.75. The third-order valence-electron chi connectivity index (χ3n) is 3.99. The van der Waals surface area contributed by atoms with E-state index in [4.69, 9.17) is 9.47 Å². The molecule has 2 rings (SSSR count). The van der Waals surface area contributed by atoms with Crippen LogP contribution in [0.4, 0.5) is 0 Å². The lowest BCUT2D eigenvalue weighted by molar-refractivity contribution is -0.0259. The third-order valence-corrected chi connectivity index (χ3v) is 3.99. The highest BCUT2D eigenvalue weighted by atomic mass is 16.5. The minimum atomic E-state index is -0.760. The summed E-state index contributed by atoms with van der Waals surface area (Å²) in [6.45, 7) is 2.30. The maximum absolute atomic E-state index is 10.0. The second kappa shape index (κ2) is 7.55. The molecule has 2 unspecified atom stereocenters. The van der Waals surface area contributed by atoms with Crippen molar-refractivity contribution in [2.75, 3.05) is 32.9 Å². The average Bonchev–Trinajstić information content (AvgIpc) is 2.85. The first kappa shape index (κ1) is 15.2. The summed E-state index contributed by atoms with van der Waals surface area (Å²) in [5.41, 5.74) is -0.760. The molecule has 1 aliphatic heterocycles. The summed E-state index contributed by atoms with van der Waals surface area (Å²) in [4.78, 5) is 0. The number of aliphatic hydroxyl groups is 2. The van der Waals surface area contributed by atoms with Gasteiger partial charge >= 0.3 is 0 Å². The zero-order valence-corrected chi connectivity index (χ0v) is 11.6. The second-order valence-electron chi connectivity index (χ2n) is 5.91. The van der Waals surface area contributed by atoms with Crippen LogP contribution >= 0.6 is 0 Å². The van der Waals surface area contributed by atoms with Crippen LogP contribution in [0.25, 0.3) is 0 Å². The van der Waals surface area contributed by atoms with E-state index in [9.17, 15) is 10.2 Å². The van der Waals surface area contributed by atoms with Crippen LogP contribution in [0.1, 0.15) is 38.5 Å². The molecule has 0 aromatic heterocycles. The quantitative estimate of drug-likeness (QED) is 0.628. The molecule has 0 bridgehead atoms. The molecule has 0 aromatic carbocycles. The Hall–Kier alpha value is -0.200. The van der Waals surface area contributed by atoms with E-state index in [1.54, 1.807) is 0 Å². The lowest BCUT2D eigenvalue weighted by atomic mass is 9.98. The summed E-state index contributed by atoms with van der Waals surface area (Å²) in [5.74, 6) is 0. The zero-order chi connectivity index (χ0) is 13.6. The molecule has 5 heteroatoms. The monoisotopic (exact) mass is 273 g/mol. The summed E-state index contributed by atoms with van der Waals surface area (Å²) in [7, 11) is 0. The summed E-state index contributed by atoms with van der Waals surface area (Å²) in [6, 6.07) is 0. The Bertz CT molecular complexity index is 250. The predicted molar refractivity (Wildman–Crippen MR) is 72.1 cm³/mol. The molecule has 19 heavy (non-hydrogen) atoms. The molecular weight excluding hydrogens is 246 g/mol. The first-order chi connectivity index (χ1) is 9.18. The van der Waals surface area contributed by atoms with Gasteiger partial charge in [-0.25, -0.2) is 0 Å². The lowest BCUT2D eigenvalue weighted by Gasteiger charge is -2.24. The molecule has 2 atom stereocenters. The second-order valence-corrected chi connectivity index (χ2v) is 5.91. The van der Waals surface area contributed by atoms with Crippen molar-refractivity contribution >= 4 is 0 Å². The van der Waals surface area contributed by atoms with Gasteiger partial charge in [0.2, 0.25) is 0 Å². The summed E-state index contributed by atoms with van der Waals surface area (Å²) in [5, 5.41) is 23.0. The van der Waals surface area contributed by atoms with Crippen molar-refractivity contribution in [1.82, 2.24) is 5.32 Å². The predicted octanol–water partition coefficient (Wildman–Crippen LogP) is 0.438. The number of hydrogen-bond acceptors (Lipinski definition) is 5. The van der Waals surface area contributed by atoms with Crippen molar-refractivity contribution in [3.63, 3.8) is 0 Å². The first-order valence-electron chi connectivity index (χ1n) is 7.48. The smallest absolute Gasteiger partial charge is 0.102 e. The van der Waals surface area contributed by atoms with Crippen molar-refractivity contribution < 1.29 is 19.7 Å². The molecule has 0 aromatic rings. The Kier molecular flexibility index (Phi) is 6.04. The van der Waals surface area contributed by atoms with Gasteiger partial charge in [-0.3, -0.25) is 0 Å². The van der Waals surface area contributed by atoms with Gasteiger partial charge in [-0.1, -0.05) is 19.3 Å². The Morgan fingerprint density at radius 2 is 2.11 bits per heavy atom. The van der Waals surface area contributed by atoms with Crippen LogP contribution in [0.5, 0.6) is 0 Å². The maximum atomic E-state index is 10.0. The summed E-state index contributed by atoms with van der Waals surface area (Å²) in [6.07, 6.45) is 6.52. The molecule has 3 N–H and O–H groups in total. The number of aliphatic hydroxyl groups excluding tert-OH is 1. The SMILES string of the molecule is OC(CNCC1(O)CCOC1)COC1CCCCC1. The van der Waals surface area contributed by atoms with Gasteiger partial charge < -0.3 is 25.0 Å². The average molecular weight is 273 g/mol. The van der Waals surface area contributed by atoms with E-state index in [2.05, 4.69) is 5.32 Å². The molecule has 5 nitrogen and oxygen atoms in total. The van der Waals surface area contributed by atoms with E-state index in [-0.39, 0.29) is 0 Å². The fraction of sp³-hybridized carbons (Fsp3) is 1.00. The normalized spacial score (nSPS) is 30.6. The van der Waals surface area contributed by atoms with Crippen molar-refractivity contribution in [2.24, 2.45) is 0 Å². The topological polar surface area (TPSA) is 71.0 Å². The molecule has 0 radical (unpaired) electrons. The Morgan fingerprint density at radius 1 is 1.32 bits per heavy atom. The van der Waals surface area contributed by atoms with E-state index >= 15 is 0 Å². The summed E-state index contributed by atoms with van der Waals surface area (Å²) < 4.78 is 10.9. The van der Waals surface area contributed by atoms with Crippen molar-refractivity contribution in [3.8, 4) is 0 Å². The highest BCUT2D eigenvalue weighted by molar-refractivity contribution is 4.85. The van der Waals surface area contributed by atoms with Crippen LogP contribution < -0.4 is 5.32 Å². The van der Waals surface area contributed by atoms with Gasteiger partial charge in [0.05, 0.1) is 25.4 Å². The van der Waals surface area contributed by atoms with Crippen molar-refractivity contribution in [3.05, 3.63) is 0 Å². The van der Waals surface area contributed by atoms with Crippen molar-refractivity contribution in [1.29, 1.82) is 0 Å². The maximum Gasteiger partial charge on any atom is 0.102 e. The van der Waals surface area contributed by atoms with Gasteiger partial charge in [0.15, 0.2) is 0 Å². The molecular formula is C14H27NO4. The number of ether oxygens (including phenoxy) is 2. The Labute approximate surface area is 115 Å². The van der Waals surface area contributed by atoms with E-state index in [0.29, 0.717) is 45.4 Å². The van der Waals surface area contributed by atoms with Crippen LogP contribution in [0.3, 0.4) is 0 Å². The van der Waals surface area contributed by atoms with E-state index in [1.165, 1.54) is 19.3 Å². The highest BCUT2D eigenvalue weighted by Crippen LogP contribution is 2.20. The molecule has 1 heterocycles. The van der Waals surface area contributed by atoms with Gasteiger partial charge in [0.25, 0.3) is 0 Å². The fourth-order valence-electron chi connectivity index (χ4n) is 2.75. The van der Waals surface area contributed by atoms with Gasteiger partial charge in [0.1, 0.15) is 5.60 Å². The minimum Gasteiger partial charge on any atom is -0.389 e. The van der Waals surface area contributed by atoms with Crippen LogP contribution in [0, 0.1) is 0 Å². The van der Waals surface area contributed by atoms with Crippen LogP contribution in [0.15, 0.2) is 0 Å². The highest BCUT2D eigenvalue weighted by Gasteiger charge is 2.31. The Balaban J connectivity index is 1.52. The molecule has 0 spiro atoms. The molecule has 1 saturated heterocycles. The van der Waals surface area contributed by atoms with Crippen LogP contribution in [-0.4, -0.2) is 60.9 Å². The molecule has 1 aliphatic carbocycles. The van der Waals surface area contributed by atoms with E-state index in [0.717, 1.165) is 12.8 Å². The number of hydrogen-bond donors (Lipinski definition) is 3. The van der Waals surface area contributed by atoms with E-state index < -0.39 is 11.7 Å².